The lowest BCUT2D eigenvalue weighted by molar-refractivity contribution is -0.0584. The molecule has 4 aromatic rings. The number of carbonyl (C=O) groups excluding carboxylic acids is 3. The summed E-state index contributed by atoms with van der Waals surface area (Å²) in [5.74, 6) is -2.18. The molecule has 0 bridgehead atoms. The summed E-state index contributed by atoms with van der Waals surface area (Å²) in [6.07, 6.45) is 2.58. The van der Waals surface area contributed by atoms with Crippen LogP contribution in [0.4, 0.5) is 0 Å². The molecule has 0 fully saturated rings. The highest BCUT2D eigenvalue weighted by Gasteiger charge is 2.40. The monoisotopic (exact) mass is 623 g/mol. The molecule has 0 saturated carbocycles. The lowest BCUT2D eigenvalue weighted by atomic mass is 9.79. The van der Waals surface area contributed by atoms with Gasteiger partial charge in [-0.15, -0.1) is 0 Å². The van der Waals surface area contributed by atoms with E-state index in [2.05, 4.69) is 0 Å². The summed E-state index contributed by atoms with van der Waals surface area (Å²) in [5.41, 5.74) is 2.24. The highest BCUT2D eigenvalue weighted by atomic mass is 16.7. The van der Waals surface area contributed by atoms with E-state index in [-0.39, 0.29) is 23.3 Å². The first kappa shape index (κ1) is 32.7. The fraction of sp³-hybridized carbons (Fsp3) is 0.270. The molecule has 0 atom stereocenters. The molecular formula is C37H37NO8. The normalized spacial score (nSPS) is 12.8. The molecule has 1 heterocycles. The highest BCUT2D eigenvalue weighted by molar-refractivity contribution is 6.21. The van der Waals surface area contributed by atoms with Crippen molar-refractivity contribution in [2.45, 2.75) is 24.9 Å². The fourth-order valence-corrected chi connectivity index (χ4v) is 5.42. The van der Waals surface area contributed by atoms with Gasteiger partial charge in [-0.2, -0.15) is 0 Å². The Hall–Kier alpha value is -4.67. The second-order valence-corrected chi connectivity index (χ2v) is 10.7. The molecule has 1 N–H and O–H groups in total. The number of rotatable bonds is 17. The summed E-state index contributed by atoms with van der Waals surface area (Å²) in [5, 5.41) is 9.28. The lowest BCUT2D eigenvalue weighted by Gasteiger charge is -2.36. The van der Waals surface area contributed by atoms with E-state index in [0.717, 1.165) is 36.0 Å². The Labute approximate surface area is 268 Å². The van der Waals surface area contributed by atoms with E-state index in [1.807, 2.05) is 72.8 Å². The third-order valence-corrected chi connectivity index (χ3v) is 7.68. The zero-order chi connectivity index (χ0) is 32.2. The van der Waals surface area contributed by atoms with Crippen molar-refractivity contribution in [3.8, 4) is 0 Å². The largest absolute Gasteiger partial charge is 0.394 e. The van der Waals surface area contributed by atoms with E-state index in [4.69, 9.17) is 24.2 Å². The van der Waals surface area contributed by atoms with Gasteiger partial charge in [-0.3, -0.25) is 9.59 Å². The number of imide groups is 1. The molecule has 0 radical (unpaired) electrons. The highest BCUT2D eigenvalue weighted by Crippen LogP contribution is 2.41. The minimum Gasteiger partial charge on any atom is -0.394 e. The molecule has 1 aliphatic heterocycles. The summed E-state index contributed by atoms with van der Waals surface area (Å²) < 4.78 is 17.7. The van der Waals surface area contributed by atoms with Crippen LogP contribution in [0.2, 0.25) is 0 Å². The van der Waals surface area contributed by atoms with E-state index in [1.165, 1.54) is 12.1 Å². The van der Waals surface area contributed by atoms with Crippen LogP contribution in [0.15, 0.2) is 109 Å². The molecule has 0 unspecified atom stereocenters. The Morgan fingerprint density at radius 1 is 0.587 bits per heavy atom. The van der Waals surface area contributed by atoms with E-state index < -0.39 is 23.4 Å². The average Bonchev–Trinajstić information content (AvgIpc) is 3.34. The van der Waals surface area contributed by atoms with Gasteiger partial charge in [-0.25, -0.2) is 4.79 Å². The van der Waals surface area contributed by atoms with E-state index >= 15 is 0 Å². The number of aliphatic hydroxyl groups excluding tert-OH is 1. The minimum absolute atomic E-state index is 0.00283. The van der Waals surface area contributed by atoms with Crippen molar-refractivity contribution >= 4 is 17.8 Å². The van der Waals surface area contributed by atoms with Crippen LogP contribution in [0, 0.1) is 0 Å². The van der Waals surface area contributed by atoms with E-state index in [1.54, 1.807) is 24.3 Å². The first-order chi connectivity index (χ1) is 22.6. The molecule has 1 aliphatic rings. The summed E-state index contributed by atoms with van der Waals surface area (Å²) in [6, 6.07) is 33.0. The summed E-state index contributed by atoms with van der Waals surface area (Å²) in [6.45, 7) is 2.34. The van der Waals surface area contributed by atoms with Crippen molar-refractivity contribution in [3.05, 3.63) is 143 Å². The summed E-state index contributed by atoms with van der Waals surface area (Å²) in [7, 11) is 0. The Morgan fingerprint density at radius 3 is 1.65 bits per heavy atom. The topological polar surface area (TPSA) is 112 Å². The second-order valence-electron chi connectivity index (χ2n) is 10.7. The predicted molar refractivity (Wildman–Crippen MR) is 170 cm³/mol. The first-order valence-corrected chi connectivity index (χ1v) is 15.4. The standard InChI is InChI=1S/C37H37NO8/c39-22-25-44-27-26-43-23-10-3-11-24-45-37(29-12-4-1-5-13-29,30-14-6-2-7-15-30)31-20-18-28(19-21-31)36(42)46-38-34(40)32-16-8-9-17-33(32)35(38)41/h1-2,4-9,12-21,39H,3,10-11,22-27H2. The van der Waals surface area contributed by atoms with Crippen LogP contribution in [0.1, 0.15) is 67.0 Å². The number of nitrogens with zero attached hydrogens (tertiary/aromatic N) is 1. The van der Waals surface area contributed by atoms with Gasteiger partial charge >= 0.3 is 5.97 Å². The van der Waals surface area contributed by atoms with Gasteiger partial charge in [0, 0.05) is 13.2 Å². The van der Waals surface area contributed by atoms with Crippen molar-refractivity contribution in [2.75, 3.05) is 39.6 Å². The van der Waals surface area contributed by atoms with Crippen molar-refractivity contribution in [1.82, 2.24) is 5.06 Å². The number of aliphatic hydroxyl groups is 1. The molecular weight excluding hydrogens is 586 g/mol. The maximum Gasteiger partial charge on any atom is 0.363 e. The molecule has 0 spiro atoms. The van der Waals surface area contributed by atoms with Gasteiger partial charge in [0.1, 0.15) is 5.60 Å². The zero-order valence-electron chi connectivity index (χ0n) is 25.5. The van der Waals surface area contributed by atoms with Crippen molar-refractivity contribution in [3.63, 3.8) is 0 Å². The van der Waals surface area contributed by atoms with Crippen LogP contribution in [-0.2, 0) is 24.6 Å². The minimum atomic E-state index is -0.978. The van der Waals surface area contributed by atoms with Gasteiger partial charge in [-0.05, 0) is 60.2 Å². The number of ether oxygens (including phenoxy) is 3. The first-order valence-electron chi connectivity index (χ1n) is 15.4. The van der Waals surface area contributed by atoms with Gasteiger partial charge < -0.3 is 24.2 Å². The number of hydroxylamine groups is 2. The quantitative estimate of drug-likeness (QED) is 0.0925. The van der Waals surface area contributed by atoms with E-state index in [9.17, 15) is 14.4 Å². The third kappa shape index (κ3) is 7.41. The maximum absolute atomic E-state index is 13.1. The smallest absolute Gasteiger partial charge is 0.363 e. The molecule has 9 nitrogen and oxygen atoms in total. The molecule has 0 aliphatic carbocycles. The van der Waals surface area contributed by atoms with Gasteiger partial charge in [0.2, 0.25) is 0 Å². The average molecular weight is 624 g/mol. The molecule has 238 valence electrons. The predicted octanol–water partition coefficient (Wildman–Crippen LogP) is 5.56. The van der Waals surface area contributed by atoms with Crippen molar-refractivity contribution in [2.24, 2.45) is 0 Å². The SMILES string of the molecule is O=C(ON1C(=O)c2ccccc2C1=O)c1ccc(C(OCCCCCOCCOCCO)(c2ccccc2)c2ccccc2)cc1. The fourth-order valence-electron chi connectivity index (χ4n) is 5.42. The third-order valence-electron chi connectivity index (χ3n) is 7.68. The van der Waals surface area contributed by atoms with Crippen molar-refractivity contribution in [1.29, 1.82) is 0 Å². The number of hydrogen-bond donors (Lipinski definition) is 1. The zero-order valence-corrected chi connectivity index (χ0v) is 25.5. The molecule has 46 heavy (non-hydrogen) atoms. The summed E-state index contributed by atoms with van der Waals surface area (Å²) in [4.78, 5) is 43.8. The molecule has 5 rings (SSSR count). The Morgan fingerprint density at radius 2 is 1.09 bits per heavy atom. The molecule has 0 saturated heterocycles. The van der Waals surface area contributed by atoms with Crippen LogP contribution in [0.5, 0.6) is 0 Å². The van der Waals surface area contributed by atoms with Gasteiger partial charge in [-0.1, -0.05) is 90.0 Å². The Kier molecular flexibility index (Phi) is 11.4. The molecule has 0 aromatic heterocycles. The van der Waals surface area contributed by atoms with Gasteiger partial charge in [0.15, 0.2) is 0 Å². The lowest BCUT2D eigenvalue weighted by Crippen LogP contribution is -2.34. The van der Waals surface area contributed by atoms with Crippen molar-refractivity contribution < 1.29 is 38.5 Å². The van der Waals surface area contributed by atoms with Crippen LogP contribution in [-0.4, -0.2) is 67.6 Å². The molecule has 2 amide bonds. The number of carbonyl (C=O) groups is 3. The molecule has 4 aromatic carbocycles. The Bertz CT molecular complexity index is 1520. The van der Waals surface area contributed by atoms with Crippen LogP contribution < -0.4 is 0 Å². The number of fused-ring (bicyclic) bond motifs is 1. The summed E-state index contributed by atoms with van der Waals surface area (Å²) >= 11 is 0. The maximum atomic E-state index is 13.1. The van der Waals surface area contributed by atoms with Gasteiger partial charge in [0.05, 0.1) is 43.1 Å². The second kappa shape index (κ2) is 16.1. The Balaban J connectivity index is 1.31. The number of unbranched alkanes of at least 4 members (excludes halogenated alkanes) is 2. The van der Waals surface area contributed by atoms with Crippen LogP contribution >= 0.6 is 0 Å². The van der Waals surface area contributed by atoms with E-state index in [0.29, 0.717) is 38.1 Å². The number of hydrogen-bond acceptors (Lipinski definition) is 8. The number of amides is 2. The van der Waals surface area contributed by atoms with Crippen LogP contribution in [0.3, 0.4) is 0 Å². The van der Waals surface area contributed by atoms with Crippen LogP contribution in [0.25, 0.3) is 0 Å². The van der Waals surface area contributed by atoms with Gasteiger partial charge in [0.25, 0.3) is 11.8 Å². The molecule has 9 heteroatoms. The number of benzene rings is 4.